The maximum absolute atomic E-state index is 11.6. The Kier molecular flexibility index (Phi) is 6.74. The summed E-state index contributed by atoms with van der Waals surface area (Å²) in [6.07, 6.45) is 1.22. The van der Waals surface area contributed by atoms with Gasteiger partial charge in [-0.25, -0.2) is 0 Å². The molecule has 1 rings (SSSR count). The predicted molar refractivity (Wildman–Crippen MR) is 75.0 cm³/mol. The third-order valence-electron chi connectivity index (χ3n) is 2.68. The molecule has 0 saturated carbocycles. The van der Waals surface area contributed by atoms with Gasteiger partial charge < -0.3 is 20.5 Å². The van der Waals surface area contributed by atoms with Gasteiger partial charge >= 0.3 is 0 Å². The van der Waals surface area contributed by atoms with E-state index in [1.807, 2.05) is 13.0 Å². The van der Waals surface area contributed by atoms with Gasteiger partial charge in [0.05, 0.1) is 12.8 Å². The SMILES string of the molecule is CCOCCCC(=O)NCc1ccc(OC)c(N)c1. The van der Waals surface area contributed by atoms with Crippen LogP contribution in [-0.4, -0.2) is 26.2 Å². The van der Waals surface area contributed by atoms with Crippen LogP contribution in [0.15, 0.2) is 18.2 Å². The highest BCUT2D eigenvalue weighted by atomic mass is 16.5. The lowest BCUT2D eigenvalue weighted by molar-refractivity contribution is -0.121. The molecule has 1 amide bonds. The molecule has 5 heteroatoms. The molecule has 19 heavy (non-hydrogen) atoms. The van der Waals surface area contributed by atoms with Crippen molar-refractivity contribution in [3.8, 4) is 5.75 Å². The van der Waals surface area contributed by atoms with Crippen LogP contribution in [0.5, 0.6) is 5.75 Å². The molecule has 0 unspecified atom stereocenters. The van der Waals surface area contributed by atoms with Gasteiger partial charge in [0.1, 0.15) is 5.75 Å². The standard InChI is InChI=1S/C14H22N2O3/c1-3-19-8-4-5-14(17)16-10-11-6-7-13(18-2)12(15)9-11/h6-7,9H,3-5,8,10,15H2,1-2H3,(H,16,17). The normalized spacial score (nSPS) is 10.2. The molecule has 0 aliphatic rings. The molecule has 0 aromatic heterocycles. The summed E-state index contributed by atoms with van der Waals surface area (Å²) in [6, 6.07) is 5.49. The fourth-order valence-electron chi connectivity index (χ4n) is 1.66. The molecular weight excluding hydrogens is 244 g/mol. The molecule has 3 N–H and O–H groups in total. The number of benzene rings is 1. The molecule has 5 nitrogen and oxygen atoms in total. The maximum Gasteiger partial charge on any atom is 0.220 e. The average Bonchev–Trinajstić information content (AvgIpc) is 2.41. The van der Waals surface area contributed by atoms with Crippen LogP contribution in [0.3, 0.4) is 0 Å². The van der Waals surface area contributed by atoms with Crippen molar-refractivity contribution in [2.24, 2.45) is 0 Å². The summed E-state index contributed by atoms with van der Waals surface area (Å²) in [5.41, 5.74) is 7.33. The van der Waals surface area contributed by atoms with Crippen LogP contribution >= 0.6 is 0 Å². The first-order chi connectivity index (χ1) is 9.17. The summed E-state index contributed by atoms with van der Waals surface area (Å²) < 4.78 is 10.3. The lowest BCUT2D eigenvalue weighted by Gasteiger charge is -2.08. The number of ether oxygens (including phenoxy) is 2. The van der Waals surface area contributed by atoms with E-state index >= 15 is 0 Å². The Morgan fingerprint density at radius 3 is 2.84 bits per heavy atom. The summed E-state index contributed by atoms with van der Waals surface area (Å²) in [5, 5.41) is 2.85. The first-order valence-corrected chi connectivity index (χ1v) is 6.44. The van der Waals surface area contributed by atoms with Crippen molar-refractivity contribution < 1.29 is 14.3 Å². The Morgan fingerprint density at radius 2 is 2.21 bits per heavy atom. The van der Waals surface area contributed by atoms with E-state index in [1.165, 1.54) is 0 Å². The van der Waals surface area contributed by atoms with Gasteiger partial charge in [0.15, 0.2) is 0 Å². The van der Waals surface area contributed by atoms with E-state index in [9.17, 15) is 4.79 Å². The molecule has 1 aromatic carbocycles. The number of methoxy groups -OCH3 is 1. The number of carbonyl (C=O) groups excluding carboxylic acids is 1. The highest BCUT2D eigenvalue weighted by Gasteiger charge is 2.03. The summed E-state index contributed by atoms with van der Waals surface area (Å²) in [5.74, 6) is 0.667. The van der Waals surface area contributed by atoms with Crippen molar-refractivity contribution in [1.29, 1.82) is 0 Å². The van der Waals surface area contributed by atoms with E-state index in [1.54, 1.807) is 19.2 Å². The molecule has 0 aliphatic carbocycles. The fraction of sp³-hybridized carbons (Fsp3) is 0.500. The number of hydrogen-bond acceptors (Lipinski definition) is 4. The summed E-state index contributed by atoms with van der Waals surface area (Å²) in [6.45, 7) is 3.72. The Balaban J connectivity index is 2.32. The van der Waals surface area contributed by atoms with Crippen LogP contribution < -0.4 is 15.8 Å². The lowest BCUT2D eigenvalue weighted by Crippen LogP contribution is -2.22. The third-order valence-corrected chi connectivity index (χ3v) is 2.68. The monoisotopic (exact) mass is 266 g/mol. The van der Waals surface area contributed by atoms with Gasteiger partial charge in [-0.05, 0) is 31.0 Å². The quantitative estimate of drug-likeness (QED) is 0.555. The number of rotatable bonds is 8. The molecule has 0 bridgehead atoms. The zero-order valence-corrected chi connectivity index (χ0v) is 11.6. The Morgan fingerprint density at radius 1 is 1.42 bits per heavy atom. The minimum Gasteiger partial charge on any atom is -0.495 e. The summed E-state index contributed by atoms with van der Waals surface area (Å²) in [7, 11) is 1.57. The van der Waals surface area contributed by atoms with Crippen LogP contribution in [0, 0.1) is 0 Å². The zero-order valence-electron chi connectivity index (χ0n) is 11.6. The van der Waals surface area contributed by atoms with Gasteiger partial charge in [-0.1, -0.05) is 6.07 Å². The number of nitrogen functional groups attached to an aromatic ring is 1. The molecule has 0 aliphatic heterocycles. The van der Waals surface area contributed by atoms with Crippen LogP contribution in [0.2, 0.25) is 0 Å². The van der Waals surface area contributed by atoms with Crippen LogP contribution in [0.1, 0.15) is 25.3 Å². The molecule has 0 radical (unpaired) electrons. The van der Waals surface area contributed by atoms with Crippen LogP contribution in [0.4, 0.5) is 5.69 Å². The van der Waals surface area contributed by atoms with Gasteiger partial charge in [0.2, 0.25) is 5.91 Å². The molecule has 106 valence electrons. The van der Waals surface area contributed by atoms with E-state index in [0.717, 1.165) is 12.0 Å². The van der Waals surface area contributed by atoms with Crippen LogP contribution in [0.25, 0.3) is 0 Å². The van der Waals surface area contributed by atoms with Gasteiger partial charge in [-0.2, -0.15) is 0 Å². The third kappa shape index (κ3) is 5.61. The number of nitrogens with two attached hydrogens (primary N) is 1. The number of carbonyl (C=O) groups is 1. The second kappa shape index (κ2) is 8.37. The Hall–Kier alpha value is -1.75. The van der Waals surface area contributed by atoms with Crippen molar-refractivity contribution in [2.45, 2.75) is 26.3 Å². The van der Waals surface area contributed by atoms with Crippen molar-refractivity contribution in [1.82, 2.24) is 5.32 Å². The topological polar surface area (TPSA) is 73.6 Å². The molecule has 0 saturated heterocycles. The highest BCUT2D eigenvalue weighted by Crippen LogP contribution is 2.21. The van der Waals surface area contributed by atoms with E-state index in [-0.39, 0.29) is 5.91 Å². The number of hydrogen-bond donors (Lipinski definition) is 2. The number of anilines is 1. The van der Waals surface area contributed by atoms with Gasteiger partial charge in [0, 0.05) is 26.2 Å². The van der Waals surface area contributed by atoms with E-state index < -0.39 is 0 Å². The van der Waals surface area contributed by atoms with E-state index in [2.05, 4.69) is 5.32 Å². The van der Waals surface area contributed by atoms with E-state index in [4.69, 9.17) is 15.2 Å². The maximum atomic E-state index is 11.6. The van der Waals surface area contributed by atoms with E-state index in [0.29, 0.717) is 37.6 Å². The summed E-state index contributed by atoms with van der Waals surface area (Å²) in [4.78, 5) is 11.6. The first-order valence-electron chi connectivity index (χ1n) is 6.44. The highest BCUT2D eigenvalue weighted by molar-refractivity contribution is 5.75. The lowest BCUT2D eigenvalue weighted by atomic mass is 10.2. The molecule has 0 fully saturated rings. The number of amides is 1. The predicted octanol–water partition coefficient (Wildman–Crippen LogP) is 1.71. The van der Waals surface area contributed by atoms with Gasteiger partial charge in [-0.3, -0.25) is 4.79 Å². The zero-order chi connectivity index (χ0) is 14.1. The van der Waals surface area contributed by atoms with Gasteiger partial charge in [-0.15, -0.1) is 0 Å². The van der Waals surface area contributed by atoms with Crippen molar-refractivity contribution in [3.05, 3.63) is 23.8 Å². The molecular formula is C14H22N2O3. The molecule has 1 aromatic rings. The first kappa shape index (κ1) is 15.3. The molecule has 0 heterocycles. The largest absolute Gasteiger partial charge is 0.495 e. The smallest absolute Gasteiger partial charge is 0.220 e. The van der Waals surface area contributed by atoms with Crippen molar-refractivity contribution >= 4 is 11.6 Å². The Bertz CT molecular complexity index is 408. The van der Waals surface area contributed by atoms with Gasteiger partial charge in [0.25, 0.3) is 0 Å². The van der Waals surface area contributed by atoms with Crippen molar-refractivity contribution in [2.75, 3.05) is 26.1 Å². The second-order valence-corrected chi connectivity index (χ2v) is 4.15. The minimum absolute atomic E-state index is 0.0223. The van der Waals surface area contributed by atoms with Crippen molar-refractivity contribution in [3.63, 3.8) is 0 Å². The average molecular weight is 266 g/mol. The minimum atomic E-state index is 0.0223. The fourth-order valence-corrected chi connectivity index (χ4v) is 1.66. The summed E-state index contributed by atoms with van der Waals surface area (Å²) >= 11 is 0. The second-order valence-electron chi connectivity index (χ2n) is 4.15. The molecule has 0 spiro atoms. The van der Waals surface area contributed by atoms with Crippen LogP contribution in [-0.2, 0) is 16.1 Å². The molecule has 0 atom stereocenters. The number of nitrogens with one attached hydrogen (secondary N) is 1. The Labute approximate surface area is 114 Å².